The van der Waals surface area contributed by atoms with Crippen molar-refractivity contribution in [3.8, 4) is 0 Å². The van der Waals surface area contributed by atoms with Gasteiger partial charge in [0.1, 0.15) is 5.60 Å². The normalized spacial score (nSPS) is 22.4. The fraction of sp³-hybridized carbons (Fsp3) is 0.281. The van der Waals surface area contributed by atoms with Crippen LogP contribution in [0.15, 0.2) is 90.5 Å². The van der Waals surface area contributed by atoms with E-state index < -0.39 is 17.1 Å². The predicted molar refractivity (Wildman–Crippen MR) is 144 cm³/mol. The number of carbonyl (C=O) groups is 3. The largest absolute Gasteiger partial charge is 0.443 e. The van der Waals surface area contributed by atoms with Crippen molar-refractivity contribution in [2.75, 3.05) is 4.90 Å². The van der Waals surface area contributed by atoms with Gasteiger partial charge in [0, 0.05) is 17.9 Å². The van der Waals surface area contributed by atoms with Crippen LogP contribution in [0, 0.1) is 5.92 Å². The van der Waals surface area contributed by atoms with E-state index in [2.05, 4.69) is 0 Å². The second-order valence-corrected chi connectivity index (χ2v) is 10.8. The van der Waals surface area contributed by atoms with Crippen molar-refractivity contribution >= 4 is 29.5 Å². The van der Waals surface area contributed by atoms with E-state index in [0.717, 1.165) is 16.7 Å². The average molecular weight is 494 g/mol. The number of ketones is 1. The van der Waals surface area contributed by atoms with Crippen molar-refractivity contribution in [1.82, 2.24) is 0 Å². The van der Waals surface area contributed by atoms with Gasteiger partial charge in [-0.2, -0.15) is 0 Å². The van der Waals surface area contributed by atoms with E-state index >= 15 is 0 Å². The van der Waals surface area contributed by atoms with Crippen LogP contribution in [0.1, 0.15) is 50.3 Å². The number of Topliss-reactive ketones (excluding diaryl/α,β-unsaturated/α-hetero) is 1. The van der Waals surface area contributed by atoms with Gasteiger partial charge in [-0.1, -0.05) is 78.9 Å². The van der Waals surface area contributed by atoms with Crippen molar-refractivity contribution in [2.45, 2.75) is 51.0 Å². The van der Waals surface area contributed by atoms with Gasteiger partial charge in [0.15, 0.2) is 5.78 Å². The highest BCUT2D eigenvalue weighted by atomic mass is 16.6. The predicted octanol–water partition coefficient (Wildman–Crippen LogP) is 6.51. The second-order valence-electron chi connectivity index (χ2n) is 10.8. The first kappa shape index (κ1) is 24.7. The number of amides is 2. The number of ether oxygens (including phenoxy) is 1. The van der Waals surface area contributed by atoms with E-state index in [1.54, 1.807) is 26.8 Å². The molecule has 2 amide bonds. The molecule has 0 bridgehead atoms. The topological polar surface area (TPSA) is 63.7 Å². The summed E-state index contributed by atoms with van der Waals surface area (Å²) in [4.78, 5) is 42.5. The van der Waals surface area contributed by atoms with E-state index in [4.69, 9.17) is 4.74 Å². The molecule has 1 aliphatic heterocycles. The third-order valence-electron chi connectivity index (χ3n) is 7.19. The Morgan fingerprint density at radius 3 is 2.24 bits per heavy atom. The number of para-hydroxylation sites is 1. The number of benzene rings is 3. The molecular formula is C32H31NO4. The third-order valence-corrected chi connectivity index (χ3v) is 7.19. The van der Waals surface area contributed by atoms with Crippen LogP contribution in [0.3, 0.4) is 0 Å². The van der Waals surface area contributed by atoms with Gasteiger partial charge >= 0.3 is 6.09 Å². The zero-order valence-electron chi connectivity index (χ0n) is 21.4. The summed E-state index contributed by atoms with van der Waals surface area (Å²) in [7, 11) is 0. The van der Waals surface area contributed by atoms with Crippen molar-refractivity contribution in [1.29, 1.82) is 0 Å². The number of hydrogen-bond donors (Lipinski definition) is 0. The molecule has 2 atom stereocenters. The highest BCUT2D eigenvalue weighted by Crippen LogP contribution is 2.54. The summed E-state index contributed by atoms with van der Waals surface area (Å²) in [5.74, 6) is -0.686. The highest BCUT2D eigenvalue weighted by molar-refractivity contribution is 6.22. The van der Waals surface area contributed by atoms with Gasteiger partial charge in [0.05, 0.1) is 11.1 Å². The van der Waals surface area contributed by atoms with E-state index in [1.165, 1.54) is 4.90 Å². The average Bonchev–Trinajstić information content (AvgIpc) is 3.34. The molecule has 0 N–H and O–H groups in total. The molecule has 188 valence electrons. The molecule has 0 spiro atoms. The Morgan fingerprint density at radius 2 is 1.57 bits per heavy atom. The van der Waals surface area contributed by atoms with Crippen LogP contribution in [0.25, 0.3) is 6.08 Å². The summed E-state index contributed by atoms with van der Waals surface area (Å²) in [5.41, 5.74) is 1.91. The molecule has 1 saturated carbocycles. The number of carbonyl (C=O) groups excluding carboxylic acids is 3. The molecule has 1 aliphatic carbocycles. The summed E-state index contributed by atoms with van der Waals surface area (Å²) < 4.78 is 5.68. The Labute approximate surface area is 217 Å². The number of anilines is 1. The number of hydrogen-bond acceptors (Lipinski definition) is 4. The lowest BCUT2D eigenvalue weighted by atomic mass is 9.65. The minimum atomic E-state index is -1.12. The fourth-order valence-corrected chi connectivity index (χ4v) is 5.70. The minimum absolute atomic E-state index is 0.0438. The van der Waals surface area contributed by atoms with Crippen LogP contribution in [-0.2, 0) is 26.2 Å². The highest BCUT2D eigenvalue weighted by Gasteiger charge is 2.60. The molecule has 5 nitrogen and oxygen atoms in total. The number of allylic oxidation sites excluding steroid dienone is 1. The lowest BCUT2D eigenvalue weighted by molar-refractivity contribution is -0.124. The molecule has 1 heterocycles. The van der Waals surface area contributed by atoms with Crippen LogP contribution in [0.2, 0.25) is 0 Å². The first-order valence-corrected chi connectivity index (χ1v) is 12.7. The van der Waals surface area contributed by atoms with Gasteiger partial charge in [-0.25, -0.2) is 9.69 Å². The van der Waals surface area contributed by atoms with Crippen LogP contribution >= 0.6 is 0 Å². The number of rotatable bonds is 4. The summed E-state index contributed by atoms with van der Waals surface area (Å²) in [6.07, 6.45) is 2.48. The summed E-state index contributed by atoms with van der Waals surface area (Å²) in [5, 5.41) is 0. The van der Waals surface area contributed by atoms with Gasteiger partial charge in [0.25, 0.3) is 0 Å². The number of fused-ring (bicyclic) bond motifs is 1. The van der Waals surface area contributed by atoms with Crippen molar-refractivity contribution in [2.24, 2.45) is 5.92 Å². The smallest absolute Gasteiger partial charge is 0.421 e. The minimum Gasteiger partial charge on any atom is -0.443 e. The molecule has 5 rings (SSSR count). The quantitative estimate of drug-likeness (QED) is 0.389. The first-order chi connectivity index (χ1) is 17.7. The van der Waals surface area contributed by atoms with E-state index in [0.29, 0.717) is 30.5 Å². The van der Waals surface area contributed by atoms with Crippen LogP contribution < -0.4 is 4.90 Å². The SMILES string of the molecule is CC(C)(C)OC(=O)N1C(=O)C(Cc2ccccc2)(C2CCC(=O)/C2=C\c2ccccc2)c2ccccc21. The van der Waals surface area contributed by atoms with Crippen LogP contribution in [0.4, 0.5) is 10.5 Å². The van der Waals surface area contributed by atoms with Crippen molar-refractivity contribution in [3.05, 3.63) is 107 Å². The summed E-state index contributed by atoms with van der Waals surface area (Å²) in [6.45, 7) is 5.35. The molecule has 5 heteroatoms. The molecule has 3 aromatic carbocycles. The van der Waals surface area contributed by atoms with Gasteiger partial charge < -0.3 is 4.74 Å². The maximum absolute atomic E-state index is 14.6. The molecule has 0 saturated heterocycles. The Balaban J connectivity index is 1.71. The van der Waals surface area contributed by atoms with Crippen LogP contribution in [-0.4, -0.2) is 23.4 Å². The molecule has 3 aromatic rings. The van der Waals surface area contributed by atoms with Crippen molar-refractivity contribution < 1.29 is 19.1 Å². The number of nitrogens with zero attached hydrogens (tertiary/aromatic N) is 1. The van der Waals surface area contributed by atoms with Crippen LogP contribution in [0.5, 0.6) is 0 Å². The van der Waals surface area contributed by atoms with Gasteiger partial charge in [-0.15, -0.1) is 0 Å². The number of imide groups is 1. The molecule has 0 aromatic heterocycles. The first-order valence-electron chi connectivity index (χ1n) is 12.7. The lowest BCUT2D eigenvalue weighted by Gasteiger charge is -2.35. The standard InChI is InChI=1S/C32H31NO4/c1-31(2,3)37-30(36)33-27-17-11-10-16-26(27)32(29(33)35,21-23-14-8-5-9-15-23)25-18-19-28(34)24(25)20-22-12-6-4-7-13-22/h4-17,20,25H,18-19,21H2,1-3H3/b24-20-. The molecule has 1 fully saturated rings. The maximum atomic E-state index is 14.6. The monoisotopic (exact) mass is 493 g/mol. The summed E-state index contributed by atoms with van der Waals surface area (Å²) >= 11 is 0. The molecule has 2 aliphatic rings. The Morgan fingerprint density at radius 1 is 0.946 bits per heavy atom. The Kier molecular flexibility index (Phi) is 6.32. The maximum Gasteiger partial charge on any atom is 0.421 e. The van der Waals surface area contributed by atoms with Crippen molar-refractivity contribution in [3.63, 3.8) is 0 Å². The Hall–Kier alpha value is -3.99. The third kappa shape index (κ3) is 4.50. The zero-order valence-corrected chi connectivity index (χ0v) is 21.4. The van der Waals surface area contributed by atoms with E-state index in [9.17, 15) is 14.4 Å². The van der Waals surface area contributed by atoms with E-state index in [1.807, 2.05) is 84.9 Å². The second kappa shape index (κ2) is 9.47. The van der Waals surface area contributed by atoms with Gasteiger partial charge in [-0.05, 0) is 62.4 Å². The lowest BCUT2D eigenvalue weighted by Crippen LogP contribution is -2.50. The fourth-order valence-electron chi connectivity index (χ4n) is 5.70. The Bertz CT molecular complexity index is 1370. The van der Waals surface area contributed by atoms with Gasteiger partial charge in [-0.3, -0.25) is 9.59 Å². The van der Waals surface area contributed by atoms with Gasteiger partial charge in [0.2, 0.25) is 5.91 Å². The molecule has 2 unspecified atom stereocenters. The molecule has 0 radical (unpaired) electrons. The van der Waals surface area contributed by atoms with E-state index in [-0.39, 0.29) is 17.6 Å². The summed E-state index contributed by atoms with van der Waals surface area (Å²) in [6, 6.07) is 26.9. The molecular weight excluding hydrogens is 462 g/mol. The molecule has 37 heavy (non-hydrogen) atoms. The zero-order chi connectivity index (χ0) is 26.2.